The van der Waals surface area contributed by atoms with Gasteiger partial charge < -0.3 is 5.32 Å². The lowest BCUT2D eigenvalue weighted by atomic mass is 10.1. The molecule has 1 amide bonds. The van der Waals surface area contributed by atoms with E-state index in [4.69, 9.17) is 0 Å². The van der Waals surface area contributed by atoms with Gasteiger partial charge in [0, 0.05) is 36.3 Å². The summed E-state index contributed by atoms with van der Waals surface area (Å²) in [7, 11) is 0. The van der Waals surface area contributed by atoms with E-state index in [1.54, 1.807) is 53.6 Å². The summed E-state index contributed by atoms with van der Waals surface area (Å²) in [6.07, 6.45) is 5.13. The van der Waals surface area contributed by atoms with Crippen molar-refractivity contribution in [3.63, 3.8) is 0 Å². The molecule has 2 N–H and O–H groups in total. The Kier molecular flexibility index (Phi) is 4.44. The molecule has 4 rings (SSSR count). The molecule has 0 aliphatic heterocycles. The van der Waals surface area contributed by atoms with E-state index in [1.165, 1.54) is 12.1 Å². The van der Waals surface area contributed by atoms with Crippen molar-refractivity contribution in [2.45, 2.75) is 6.54 Å². The highest BCUT2D eigenvalue weighted by Crippen LogP contribution is 2.18. The molecule has 0 aliphatic rings. The van der Waals surface area contributed by atoms with E-state index in [9.17, 15) is 9.18 Å². The molecule has 3 aromatic heterocycles. The van der Waals surface area contributed by atoms with E-state index in [1.807, 2.05) is 6.07 Å². The molecule has 0 saturated carbocycles. The molecule has 0 saturated heterocycles. The zero-order valence-corrected chi connectivity index (χ0v) is 14.1. The highest BCUT2D eigenvalue weighted by molar-refractivity contribution is 5.93. The lowest BCUT2D eigenvalue weighted by molar-refractivity contribution is 0.0946. The van der Waals surface area contributed by atoms with Crippen LogP contribution in [0.3, 0.4) is 0 Å². The predicted octanol–water partition coefficient (Wildman–Crippen LogP) is 2.73. The molecule has 7 nitrogen and oxygen atoms in total. The van der Waals surface area contributed by atoms with Crippen LogP contribution in [0.5, 0.6) is 0 Å². The van der Waals surface area contributed by atoms with Gasteiger partial charge in [0.15, 0.2) is 5.82 Å². The van der Waals surface area contributed by atoms with Crippen molar-refractivity contribution in [2.24, 2.45) is 0 Å². The third kappa shape index (κ3) is 3.59. The number of amides is 1. The van der Waals surface area contributed by atoms with E-state index in [0.29, 0.717) is 17.2 Å². The first-order valence-corrected chi connectivity index (χ1v) is 8.24. The Labute approximate surface area is 153 Å². The van der Waals surface area contributed by atoms with Gasteiger partial charge in [-0.3, -0.25) is 9.89 Å². The van der Waals surface area contributed by atoms with Crippen LogP contribution in [0.1, 0.15) is 16.1 Å². The summed E-state index contributed by atoms with van der Waals surface area (Å²) in [4.78, 5) is 16.8. The zero-order chi connectivity index (χ0) is 18.6. The maximum Gasteiger partial charge on any atom is 0.269 e. The lowest BCUT2D eigenvalue weighted by Gasteiger charge is -2.09. The minimum absolute atomic E-state index is 0.284. The van der Waals surface area contributed by atoms with Gasteiger partial charge in [0.2, 0.25) is 0 Å². The Morgan fingerprint density at radius 3 is 2.78 bits per heavy atom. The van der Waals surface area contributed by atoms with Crippen molar-refractivity contribution in [1.82, 2.24) is 30.3 Å². The molecular formula is C19H15FN6O. The Hall–Kier alpha value is -3.81. The van der Waals surface area contributed by atoms with Crippen molar-refractivity contribution >= 4 is 5.91 Å². The van der Waals surface area contributed by atoms with Crippen molar-refractivity contribution in [3.05, 3.63) is 84.2 Å². The van der Waals surface area contributed by atoms with Gasteiger partial charge >= 0.3 is 0 Å². The SMILES string of the molecule is O=C(NCc1cccnc1-n1cccn1)c1cc(-c2ccc(F)cc2)n[nH]1. The molecule has 0 fully saturated rings. The van der Waals surface area contributed by atoms with Gasteiger partial charge in [-0.15, -0.1) is 0 Å². The van der Waals surface area contributed by atoms with Gasteiger partial charge in [0.1, 0.15) is 11.5 Å². The monoisotopic (exact) mass is 362 g/mol. The van der Waals surface area contributed by atoms with Crippen molar-refractivity contribution in [3.8, 4) is 17.1 Å². The first-order valence-electron chi connectivity index (χ1n) is 8.24. The number of carbonyl (C=O) groups excluding carboxylic acids is 1. The second kappa shape index (κ2) is 7.20. The smallest absolute Gasteiger partial charge is 0.269 e. The van der Waals surface area contributed by atoms with E-state index in [0.717, 1.165) is 11.1 Å². The summed E-state index contributed by atoms with van der Waals surface area (Å²) in [5.41, 5.74) is 2.44. The average Bonchev–Trinajstić information content (AvgIpc) is 3.39. The third-order valence-electron chi connectivity index (χ3n) is 3.99. The molecule has 8 heteroatoms. The molecule has 0 aliphatic carbocycles. The Bertz CT molecular complexity index is 1060. The number of aromatic nitrogens is 5. The number of halogens is 1. The van der Waals surface area contributed by atoms with Crippen molar-refractivity contribution < 1.29 is 9.18 Å². The predicted molar refractivity (Wildman–Crippen MR) is 96.5 cm³/mol. The highest BCUT2D eigenvalue weighted by Gasteiger charge is 2.13. The molecule has 3 heterocycles. The third-order valence-corrected chi connectivity index (χ3v) is 3.99. The summed E-state index contributed by atoms with van der Waals surface area (Å²) in [5, 5.41) is 13.8. The number of carbonyl (C=O) groups is 1. The van der Waals surface area contributed by atoms with Crippen LogP contribution in [0.15, 0.2) is 67.1 Å². The summed E-state index contributed by atoms with van der Waals surface area (Å²) in [6, 6.07) is 13.0. The van der Waals surface area contributed by atoms with Crippen molar-refractivity contribution in [2.75, 3.05) is 0 Å². The molecule has 0 atom stereocenters. The van der Waals surface area contributed by atoms with Crippen LogP contribution < -0.4 is 5.32 Å². The van der Waals surface area contributed by atoms with Gasteiger partial charge in [0.25, 0.3) is 5.91 Å². The quantitative estimate of drug-likeness (QED) is 0.571. The number of nitrogens with zero attached hydrogens (tertiary/aromatic N) is 4. The average molecular weight is 362 g/mol. The van der Waals surface area contributed by atoms with Crippen LogP contribution in [0.25, 0.3) is 17.1 Å². The largest absolute Gasteiger partial charge is 0.346 e. The van der Waals surface area contributed by atoms with Gasteiger partial charge in [-0.2, -0.15) is 10.2 Å². The maximum absolute atomic E-state index is 13.0. The molecule has 0 spiro atoms. The number of aromatic amines is 1. The maximum atomic E-state index is 13.0. The number of benzene rings is 1. The summed E-state index contributed by atoms with van der Waals surface area (Å²) in [6.45, 7) is 0.284. The highest BCUT2D eigenvalue weighted by atomic mass is 19.1. The van der Waals surface area contributed by atoms with Gasteiger partial charge in [-0.1, -0.05) is 6.07 Å². The molecular weight excluding hydrogens is 347 g/mol. The van der Waals surface area contributed by atoms with Gasteiger partial charge in [-0.25, -0.2) is 14.1 Å². The van der Waals surface area contributed by atoms with Crippen LogP contribution in [-0.4, -0.2) is 30.9 Å². The molecule has 4 aromatic rings. The van der Waals surface area contributed by atoms with E-state index < -0.39 is 0 Å². The van der Waals surface area contributed by atoms with Crippen molar-refractivity contribution in [1.29, 1.82) is 0 Å². The molecule has 134 valence electrons. The summed E-state index contributed by atoms with van der Waals surface area (Å²) < 4.78 is 14.7. The summed E-state index contributed by atoms with van der Waals surface area (Å²) in [5.74, 6) is 0.0299. The number of hydrogen-bond donors (Lipinski definition) is 2. The number of hydrogen-bond acceptors (Lipinski definition) is 4. The fourth-order valence-corrected chi connectivity index (χ4v) is 2.65. The topological polar surface area (TPSA) is 88.5 Å². The molecule has 0 radical (unpaired) electrons. The fourth-order valence-electron chi connectivity index (χ4n) is 2.65. The molecule has 0 bridgehead atoms. The van der Waals surface area contributed by atoms with Crippen LogP contribution in [-0.2, 0) is 6.54 Å². The molecule has 27 heavy (non-hydrogen) atoms. The number of pyridine rings is 1. The lowest BCUT2D eigenvalue weighted by Crippen LogP contribution is -2.24. The first kappa shape index (κ1) is 16.6. The van der Waals surface area contributed by atoms with Crippen LogP contribution in [0, 0.1) is 5.82 Å². The number of nitrogens with one attached hydrogen (secondary N) is 2. The minimum atomic E-state index is -0.322. The molecule has 0 unspecified atom stereocenters. The van der Waals surface area contributed by atoms with E-state index in [-0.39, 0.29) is 18.3 Å². The standard InChI is InChI=1S/C19H15FN6O/c20-15-6-4-13(5-7-15)16-11-17(25-24-16)19(27)22-12-14-3-1-8-21-18(14)26-10-2-9-23-26/h1-11H,12H2,(H,22,27)(H,24,25). The Morgan fingerprint density at radius 2 is 2.00 bits per heavy atom. The van der Waals surface area contributed by atoms with Crippen LogP contribution in [0.2, 0.25) is 0 Å². The second-order valence-corrected chi connectivity index (χ2v) is 5.79. The first-order chi connectivity index (χ1) is 13.2. The van der Waals surface area contributed by atoms with Crippen LogP contribution >= 0.6 is 0 Å². The zero-order valence-electron chi connectivity index (χ0n) is 14.1. The number of rotatable bonds is 5. The van der Waals surface area contributed by atoms with Gasteiger partial charge in [0.05, 0.1) is 5.69 Å². The van der Waals surface area contributed by atoms with E-state index in [2.05, 4.69) is 25.6 Å². The Morgan fingerprint density at radius 1 is 1.15 bits per heavy atom. The van der Waals surface area contributed by atoms with E-state index >= 15 is 0 Å². The molecule has 1 aromatic carbocycles. The number of H-pyrrole nitrogens is 1. The second-order valence-electron chi connectivity index (χ2n) is 5.79. The van der Waals surface area contributed by atoms with Crippen LogP contribution in [0.4, 0.5) is 4.39 Å². The minimum Gasteiger partial charge on any atom is -0.346 e. The normalized spacial score (nSPS) is 10.7. The Balaban J connectivity index is 1.47. The van der Waals surface area contributed by atoms with Gasteiger partial charge in [-0.05, 0) is 42.5 Å². The fraction of sp³-hybridized carbons (Fsp3) is 0.0526. The summed E-state index contributed by atoms with van der Waals surface area (Å²) >= 11 is 0.